The molecule has 0 radical (unpaired) electrons. The zero-order valence-corrected chi connectivity index (χ0v) is 16.0. The number of rotatable bonds is 4. The number of hydrogen-bond donors (Lipinski definition) is 2. The van der Waals surface area contributed by atoms with E-state index in [1.807, 2.05) is 18.2 Å². The molecule has 2 rings (SSSR count). The molecule has 0 bridgehead atoms. The molecule has 1 aliphatic heterocycles. The second-order valence-electron chi connectivity index (χ2n) is 7.78. The molecule has 2 amide bonds. The number of nitrogens with zero attached hydrogens (tertiary/aromatic N) is 1. The first-order valence-electron chi connectivity index (χ1n) is 8.72. The number of benzene rings is 1. The maximum atomic E-state index is 12.5. The molecule has 0 aliphatic carbocycles. The molecule has 1 aromatic carbocycles. The number of hydrogen-bond acceptors (Lipinski definition) is 5. The van der Waals surface area contributed by atoms with Crippen LogP contribution in [0.5, 0.6) is 0 Å². The number of nitrogens with one attached hydrogen (secondary N) is 1. The molecule has 148 valence electrons. The van der Waals surface area contributed by atoms with Crippen LogP contribution in [-0.2, 0) is 20.9 Å². The molecular formula is C19H26N2O6. The molecule has 1 aliphatic rings. The summed E-state index contributed by atoms with van der Waals surface area (Å²) in [5, 5.41) is 12.3. The van der Waals surface area contributed by atoms with E-state index in [1.165, 1.54) is 6.92 Å². The Bertz CT molecular complexity index is 700. The number of carboxylic acid groups (broad SMARTS) is 1. The summed E-state index contributed by atoms with van der Waals surface area (Å²) >= 11 is 0. The largest absolute Gasteiger partial charge is 0.480 e. The Morgan fingerprint density at radius 2 is 1.89 bits per heavy atom. The molecule has 8 heteroatoms. The summed E-state index contributed by atoms with van der Waals surface area (Å²) in [6, 6.07) is 8.55. The fraction of sp³-hybridized carbons (Fsp3) is 0.526. The Morgan fingerprint density at radius 1 is 1.26 bits per heavy atom. The zero-order valence-electron chi connectivity index (χ0n) is 16.0. The second-order valence-corrected chi connectivity index (χ2v) is 7.78. The third-order valence-electron chi connectivity index (χ3n) is 4.25. The number of carboxylic acids is 1. The van der Waals surface area contributed by atoms with E-state index < -0.39 is 35.3 Å². The normalized spacial score (nSPS) is 22.2. The smallest absolute Gasteiger partial charge is 0.411 e. The lowest BCUT2D eigenvalue weighted by Crippen LogP contribution is -2.50. The molecule has 0 aromatic heterocycles. The Kier molecular flexibility index (Phi) is 5.98. The van der Waals surface area contributed by atoms with E-state index in [-0.39, 0.29) is 19.6 Å². The van der Waals surface area contributed by atoms with Crippen LogP contribution in [0.4, 0.5) is 9.59 Å². The molecule has 2 N–H and O–H groups in total. The highest BCUT2D eigenvalue weighted by Gasteiger charge is 2.51. The Balaban J connectivity index is 2.03. The van der Waals surface area contributed by atoms with Gasteiger partial charge in [-0.1, -0.05) is 30.3 Å². The van der Waals surface area contributed by atoms with E-state index in [4.69, 9.17) is 9.47 Å². The van der Waals surface area contributed by atoms with Gasteiger partial charge in [0.1, 0.15) is 17.7 Å². The van der Waals surface area contributed by atoms with Gasteiger partial charge < -0.3 is 19.9 Å². The van der Waals surface area contributed by atoms with Crippen LogP contribution < -0.4 is 5.32 Å². The van der Waals surface area contributed by atoms with Crippen LogP contribution in [-0.4, -0.2) is 51.9 Å². The third kappa shape index (κ3) is 5.35. The zero-order chi connectivity index (χ0) is 20.2. The molecule has 1 heterocycles. The Hall–Kier alpha value is -2.77. The molecule has 0 saturated carbocycles. The highest BCUT2D eigenvalue weighted by atomic mass is 16.6. The molecule has 27 heavy (non-hydrogen) atoms. The number of amides is 2. The first-order valence-corrected chi connectivity index (χ1v) is 8.72. The first kappa shape index (κ1) is 20.5. The van der Waals surface area contributed by atoms with Crippen LogP contribution in [0, 0.1) is 0 Å². The molecule has 2 atom stereocenters. The van der Waals surface area contributed by atoms with Crippen molar-refractivity contribution in [1.29, 1.82) is 0 Å². The van der Waals surface area contributed by atoms with Gasteiger partial charge in [-0.25, -0.2) is 14.4 Å². The van der Waals surface area contributed by atoms with Crippen LogP contribution in [0.2, 0.25) is 0 Å². The minimum Gasteiger partial charge on any atom is -0.480 e. The van der Waals surface area contributed by atoms with Crippen LogP contribution in [0.15, 0.2) is 30.3 Å². The van der Waals surface area contributed by atoms with E-state index >= 15 is 0 Å². The van der Waals surface area contributed by atoms with Gasteiger partial charge in [0.15, 0.2) is 0 Å². The van der Waals surface area contributed by atoms with Crippen molar-refractivity contribution >= 4 is 18.2 Å². The predicted octanol–water partition coefficient (Wildman–Crippen LogP) is 2.77. The fourth-order valence-corrected chi connectivity index (χ4v) is 2.92. The summed E-state index contributed by atoms with van der Waals surface area (Å²) < 4.78 is 10.5. The van der Waals surface area contributed by atoms with Crippen molar-refractivity contribution < 1.29 is 29.0 Å². The molecule has 1 aromatic rings. The average Bonchev–Trinajstić information content (AvgIpc) is 2.89. The van der Waals surface area contributed by atoms with Gasteiger partial charge in [-0.3, -0.25) is 4.90 Å². The molecule has 0 unspecified atom stereocenters. The summed E-state index contributed by atoms with van der Waals surface area (Å²) in [7, 11) is 0. The summed E-state index contributed by atoms with van der Waals surface area (Å²) in [6.07, 6.45) is -1.33. The molecule has 8 nitrogen and oxygen atoms in total. The Labute approximate surface area is 158 Å². The summed E-state index contributed by atoms with van der Waals surface area (Å²) in [6.45, 7) is 6.70. The molecular weight excluding hydrogens is 352 g/mol. The number of likely N-dealkylation sites (tertiary alicyclic amines) is 1. The van der Waals surface area contributed by atoms with Gasteiger partial charge in [0.25, 0.3) is 0 Å². The lowest BCUT2D eigenvalue weighted by molar-refractivity contribution is -0.147. The van der Waals surface area contributed by atoms with Gasteiger partial charge in [0.2, 0.25) is 0 Å². The van der Waals surface area contributed by atoms with E-state index in [9.17, 15) is 19.5 Å². The quantitative estimate of drug-likeness (QED) is 0.835. The van der Waals surface area contributed by atoms with Crippen LogP contribution in [0.25, 0.3) is 0 Å². The van der Waals surface area contributed by atoms with Crippen LogP contribution in [0.3, 0.4) is 0 Å². The highest BCUT2D eigenvalue weighted by molar-refractivity contribution is 5.85. The number of aliphatic carboxylic acids is 1. The predicted molar refractivity (Wildman–Crippen MR) is 97.1 cm³/mol. The SMILES string of the molecule is CC(C)(C)OC(=O)N[C@@H]1CN(C(=O)OCc2ccccc2)[C@](C)(C(=O)O)C1. The monoisotopic (exact) mass is 378 g/mol. The van der Waals surface area contributed by atoms with E-state index in [2.05, 4.69) is 5.32 Å². The van der Waals surface area contributed by atoms with Crippen molar-refractivity contribution in [2.75, 3.05) is 6.54 Å². The fourth-order valence-electron chi connectivity index (χ4n) is 2.92. The van der Waals surface area contributed by atoms with Crippen molar-refractivity contribution in [2.24, 2.45) is 0 Å². The lowest BCUT2D eigenvalue weighted by atomic mass is 9.98. The number of carbonyl (C=O) groups is 3. The van der Waals surface area contributed by atoms with Gasteiger partial charge in [-0.2, -0.15) is 0 Å². The van der Waals surface area contributed by atoms with Crippen molar-refractivity contribution in [1.82, 2.24) is 10.2 Å². The molecule has 0 spiro atoms. The van der Waals surface area contributed by atoms with Crippen molar-refractivity contribution in [3.8, 4) is 0 Å². The standard InChI is InChI=1S/C19H26N2O6/c1-18(2,3)27-16(24)20-14-10-19(4,15(22)23)21(11-14)17(25)26-12-13-8-6-5-7-9-13/h5-9,14H,10-12H2,1-4H3,(H,20,24)(H,22,23)/t14-,19-/m0/s1. The average molecular weight is 378 g/mol. The molecule has 1 fully saturated rings. The highest BCUT2D eigenvalue weighted by Crippen LogP contribution is 2.30. The summed E-state index contributed by atoms with van der Waals surface area (Å²) in [4.78, 5) is 37.4. The second kappa shape index (κ2) is 7.85. The number of ether oxygens (including phenoxy) is 2. The minimum atomic E-state index is -1.48. The van der Waals surface area contributed by atoms with Gasteiger partial charge in [0, 0.05) is 13.0 Å². The summed E-state index contributed by atoms with van der Waals surface area (Å²) in [5.74, 6) is -1.16. The van der Waals surface area contributed by atoms with E-state index in [0.29, 0.717) is 0 Å². The van der Waals surface area contributed by atoms with Crippen molar-refractivity contribution in [3.05, 3.63) is 35.9 Å². The van der Waals surface area contributed by atoms with Crippen LogP contribution >= 0.6 is 0 Å². The first-order chi connectivity index (χ1) is 12.5. The maximum absolute atomic E-state index is 12.5. The molecule has 1 saturated heterocycles. The van der Waals surface area contributed by atoms with Gasteiger partial charge in [-0.15, -0.1) is 0 Å². The Morgan fingerprint density at radius 3 is 2.44 bits per heavy atom. The van der Waals surface area contributed by atoms with Gasteiger partial charge in [-0.05, 0) is 33.3 Å². The maximum Gasteiger partial charge on any atom is 0.411 e. The van der Waals surface area contributed by atoms with E-state index in [1.54, 1.807) is 32.9 Å². The van der Waals surface area contributed by atoms with Gasteiger partial charge >= 0.3 is 18.2 Å². The van der Waals surface area contributed by atoms with E-state index in [0.717, 1.165) is 10.5 Å². The van der Waals surface area contributed by atoms with Crippen LogP contribution in [0.1, 0.15) is 39.7 Å². The third-order valence-corrected chi connectivity index (χ3v) is 4.25. The lowest BCUT2D eigenvalue weighted by Gasteiger charge is -2.29. The van der Waals surface area contributed by atoms with Gasteiger partial charge in [0.05, 0.1) is 6.04 Å². The van der Waals surface area contributed by atoms with Crippen molar-refractivity contribution in [2.45, 2.75) is 57.9 Å². The number of alkyl carbamates (subject to hydrolysis) is 1. The summed E-state index contributed by atoms with van der Waals surface area (Å²) in [5.41, 5.74) is -1.36. The number of carbonyl (C=O) groups excluding carboxylic acids is 2. The van der Waals surface area contributed by atoms with Crippen molar-refractivity contribution in [3.63, 3.8) is 0 Å². The minimum absolute atomic E-state index is 0.0235. The topological polar surface area (TPSA) is 105 Å².